The molecule has 2 saturated carbocycles. The van der Waals surface area contributed by atoms with Crippen molar-refractivity contribution in [3.63, 3.8) is 0 Å². The van der Waals surface area contributed by atoms with Crippen LogP contribution in [-0.4, -0.2) is 12.5 Å². The topological polar surface area (TPSA) is 29.1 Å². The Hall–Kier alpha value is -1.45. The number of carbonyl (C=O) groups excluding carboxylic acids is 1. The lowest BCUT2D eigenvalue weighted by atomic mass is 9.89. The summed E-state index contributed by atoms with van der Waals surface area (Å²) < 4.78 is 25.8. The van der Waals surface area contributed by atoms with Gasteiger partial charge in [0, 0.05) is 12.1 Å². The van der Waals surface area contributed by atoms with Crippen molar-refractivity contribution < 1.29 is 13.6 Å². The van der Waals surface area contributed by atoms with Crippen molar-refractivity contribution in [3.8, 4) is 0 Å². The second-order valence-electron chi connectivity index (χ2n) is 5.77. The van der Waals surface area contributed by atoms with Crippen LogP contribution in [0.1, 0.15) is 36.0 Å². The molecule has 3 rings (SSSR count). The number of halogens is 2. The summed E-state index contributed by atoms with van der Waals surface area (Å²) in [5.41, 5.74) is 0.182. The van der Waals surface area contributed by atoms with E-state index in [-0.39, 0.29) is 11.5 Å². The minimum atomic E-state index is -0.979. The van der Waals surface area contributed by atoms with Gasteiger partial charge in [0.1, 0.15) is 0 Å². The predicted molar refractivity (Wildman–Crippen MR) is 67.6 cm³/mol. The zero-order valence-electron chi connectivity index (χ0n) is 10.7. The monoisotopic (exact) mass is 265 g/mol. The molecule has 2 aliphatic carbocycles. The number of benzene rings is 1. The van der Waals surface area contributed by atoms with Gasteiger partial charge in [-0.15, -0.1) is 0 Å². The first-order valence-electron chi connectivity index (χ1n) is 6.86. The van der Waals surface area contributed by atoms with Crippen LogP contribution in [0.25, 0.3) is 0 Å². The number of hydrogen-bond donors (Lipinski definition) is 1. The van der Waals surface area contributed by atoms with E-state index in [2.05, 4.69) is 5.32 Å². The second-order valence-corrected chi connectivity index (χ2v) is 5.77. The smallest absolute Gasteiger partial charge is 0.251 e. The van der Waals surface area contributed by atoms with Crippen molar-refractivity contribution in [1.29, 1.82) is 0 Å². The molecule has 0 spiro atoms. The van der Waals surface area contributed by atoms with Crippen LogP contribution in [0.15, 0.2) is 18.2 Å². The predicted octanol–water partition coefficient (Wildman–Crippen LogP) is 3.13. The minimum absolute atomic E-state index is 0.182. The molecule has 0 saturated heterocycles. The summed E-state index contributed by atoms with van der Waals surface area (Å²) in [5, 5.41) is 2.84. The Morgan fingerprint density at radius 1 is 1.21 bits per heavy atom. The molecular formula is C15H17F2NO. The molecule has 0 radical (unpaired) electrons. The zero-order valence-corrected chi connectivity index (χ0v) is 10.7. The highest BCUT2D eigenvalue weighted by Crippen LogP contribution is 2.47. The van der Waals surface area contributed by atoms with Crippen molar-refractivity contribution in [1.82, 2.24) is 5.32 Å². The highest BCUT2D eigenvalue weighted by molar-refractivity contribution is 5.94. The van der Waals surface area contributed by atoms with E-state index in [1.165, 1.54) is 31.7 Å². The number of hydrogen-bond acceptors (Lipinski definition) is 1. The molecule has 0 aliphatic heterocycles. The Morgan fingerprint density at radius 3 is 2.68 bits per heavy atom. The van der Waals surface area contributed by atoms with Gasteiger partial charge < -0.3 is 5.32 Å². The van der Waals surface area contributed by atoms with Crippen molar-refractivity contribution >= 4 is 5.91 Å². The van der Waals surface area contributed by atoms with E-state index in [4.69, 9.17) is 0 Å². The molecule has 1 aromatic rings. The van der Waals surface area contributed by atoms with Crippen LogP contribution in [0.5, 0.6) is 0 Å². The van der Waals surface area contributed by atoms with E-state index in [1.54, 1.807) is 0 Å². The number of nitrogens with one attached hydrogen (secondary N) is 1. The van der Waals surface area contributed by atoms with Gasteiger partial charge in [0.05, 0.1) is 0 Å². The van der Waals surface area contributed by atoms with Crippen molar-refractivity contribution in [2.45, 2.75) is 25.7 Å². The summed E-state index contributed by atoms with van der Waals surface area (Å²) in [7, 11) is 0. The Labute approximate surface area is 111 Å². The van der Waals surface area contributed by atoms with E-state index < -0.39 is 11.6 Å². The van der Waals surface area contributed by atoms with Crippen LogP contribution >= 0.6 is 0 Å². The molecule has 3 atom stereocenters. The fourth-order valence-electron chi connectivity index (χ4n) is 3.59. The fourth-order valence-corrected chi connectivity index (χ4v) is 3.59. The largest absolute Gasteiger partial charge is 0.352 e. The first-order valence-corrected chi connectivity index (χ1v) is 6.86. The first kappa shape index (κ1) is 12.6. The molecule has 2 nitrogen and oxygen atoms in total. The maximum atomic E-state index is 13.0. The van der Waals surface area contributed by atoms with E-state index in [0.29, 0.717) is 12.5 Å². The lowest BCUT2D eigenvalue weighted by Crippen LogP contribution is -2.31. The van der Waals surface area contributed by atoms with Gasteiger partial charge in [-0.05, 0) is 55.2 Å². The summed E-state index contributed by atoms with van der Waals surface area (Å²) in [4.78, 5) is 11.9. The van der Waals surface area contributed by atoms with Crippen LogP contribution in [0.4, 0.5) is 8.78 Å². The maximum absolute atomic E-state index is 13.0. The third-order valence-corrected chi connectivity index (χ3v) is 4.59. The first-order chi connectivity index (χ1) is 9.13. The molecule has 19 heavy (non-hydrogen) atoms. The van der Waals surface area contributed by atoms with Gasteiger partial charge in [-0.25, -0.2) is 8.78 Å². The van der Waals surface area contributed by atoms with E-state index in [1.807, 2.05) is 0 Å². The van der Waals surface area contributed by atoms with Crippen molar-refractivity contribution in [3.05, 3.63) is 35.4 Å². The minimum Gasteiger partial charge on any atom is -0.352 e. The van der Waals surface area contributed by atoms with Crippen LogP contribution in [-0.2, 0) is 0 Å². The lowest BCUT2D eigenvalue weighted by molar-refractivity contribution is 0.0941. The zero-order chi connectivity index (χ0) is 13.4. The normalized spacial score (nSPS) is 28.6. The summed E-state index contributed by atoms with van der Waals surface area (Å²) in [6, 6.07) is 3.25. The summed E-state index contributed by atoms with van der Waals surface area (Å²) in [6.45, 7) is 0.652. The van der Waals surface area contributed by atoms with Gasteiger partial charge in [0.2, 0.25) is 0 Å². The highest BCUT2D eigenvalue weighted by atomic mass is 19.2. The van der Waals surface area contributed by atoms with Gasteiger partial charge in [-0.2, -0.15) is 0 Å². The third kappa shape index (κ3) is 2.48. The highest BCUT2D eigenvalue weighted by Gasteiger charge is 2.39. The number of amides is 1. The Morgan fingerprint density at radius 2 is 2.05 bits per heavy atom. The van der Waals surface area contributed by atoms with Crippen LogP contribution in [0, 0.1) is 29.4 Å². The van der Waals surface area contributed by atoms with Gasteiger partial charge in [0.25, 0.3) is 5.91 Å². The van der Waals surface area contributed by atoms with E-state index >= 15 is 0 Å². The second kappa shape index (κ2) is 4.91. The third-order valence-electron chi connectivity index (χ3n) is 4.59. The summed E-state index contributed by atoms with van der Waals surface area (Å²) >= 11 is 0. The standard InChI is InChI=1S/C15H17F2NO/c16-13-4-3-11(7-14(13)17)15(19)18-8-12-6-9-1-2-10(12)5-9/h3-4,7,9-10,12H,1-2,5-6,8H2,(H,18,19)/t9-,10-,12-/m0/s1. The Bertz CT molecular complexity index is 503. The fraction of sp³-hybridized carbons (Fsp3) is 0.533. The molecule has 0 aromatic heterocycles. The van der Waals surface area contributed by atoms with Crippen LogP contribution < -0.4 is 5.32 Å². The molecule has 0 unspecified atom stereocenters. The SMILES string of the molecule is O=C(NC[C@@H]1C[C@H]2CC[C@H]1C2)c1ccc(F)c(F)c1. The quantitative estimate of drug-likeness (QED) is 0.893. The number of fused-ring (bicyclic) bond motifs is 2. The number of carbonyl (C=O) groups is 1. The number of rotatable bonds is 3. The molecule has 2 aliphatic rings. The van der Waals surface area contributed by atoms with E-state index in [0.717, 1.165) is 24.0 Å². The Balaban J connectivity index is 1.57. The van der Waals surface area contributed by atoms with Crippen molar-refractivity contribution in [2.24, 2.45) is 17.8 Å². The van der Waals surface area contributed by atoms with Crippen molar-refractivity contribution in [2.75, 3.05) is 6.54 Å². The summed E-state index contributed by atoms with van der Waals surface area (Å²) in [6.07, 6.45) is 5.10. The van der Waals surface area contributed by atoms with Gasteiger partial charge in [0.15, 0.2) is 11.6 Å². The van der Waals surface area contributed by atoms with Gasteiger partial charge in [-0.1, -0.05) is 6.42 Å². The molecule has 2 bridgehead atoms. The molecule has 4 heteroatoms. The molecule has 1 N–H and O–H groups in total. The molecule has 0 heterocycles. The molecule has 102 valence electrons. The molecule has 1 aromatic carbocycles. The van der Waals surface area contributed by atoms with Crippen LogP contribution in [0.3, 0.4) is 0 Å². The lowest BCUT2D eigenvalue weighted by Gasteiger charge is -2.21. The molecule has 1 amide bonds. The summed E-state index contributed by atoms with van der Waals surface area (Å²) in [5.74, 6) is -0.0719. The molecular weight excluding hydrogens is 248 g/mol. The van der Waals surface area contributed by atoms with Gasteiger partial charge in [-0.3, -0.25) is 4.79 Å². The van der Waals surface area contributed by atoms with E-state index in [9.17, 15) is 13.6 Å². The average molecular weight is 265 g/mol. The van der Waals surface area contributed by atoms with Gasteiger partial charge >= 0.3 is 0 Å². The van der Waals surface area contributed by atoms with Crippen LogP contribution in [0.2, 0.25) is 0 Å². The average Bonchev–Trinajstić information content (AvgIpc) is 3.01. The molecule has 2 fully saturated rings. The maximum Gasteiger partial charge on any atom is 0.251 e. The Kier molecular flexibility index (Phi) is 3.25.